The number of anilines is 1. The van der Waals surface area contributed by atoms with Crippen molar-refractivity contribution in [3.8, 4) is 5.88 Å². The number of rotatable bonds is 7. The van der Waals surface area contributed by atoms with E-state index in [9.17, 15) is 18.4 Å². The molecule has 1 atom stereocenters. The molecule has 1 aliphatic carbocycles. The topological polar surface area (TPSA) is 83.6 Å². The van der Waals surface area contributed by atoms with Crippen molar-refractivity contribution in [3.63, 3.8) is 0 Å². The molecule has 1 aliphatic heterocycles. The van der Waals surface area contributed by atoms with E-state index in [0.717, 1.165) is 12.8 Å². The van der Waals surface area contributed by atoms with E-state index >= 15 is 0 Å². The number of aromatic nitrogens is 1. The number of likely N-dealkylation sites (N-methyl/N-ethyl adjacent to an activating group) is 1. The second-order valence-electron chi connectivity index (χ2n) is 8.87. The van der Waals surface area contributed by atoms with Crippen LogP contribution in [-0.4, -0.2) is 55.5 Å². The predicted octanol–water partition coefficient (Wildman–Crippen LogP) is 2.22. The molecule has 9 heteroatoms. The number of ether oxygens (including phenoxy) is 1. The van der Waals surface area contributed by atoms with E-state index in [4.69, 9.17) is 4.74 Å². The van der Waals surface area contributed by atoms with Crippen LogP contribution in [0.2, 0.25) is 0 Å². The van der Waals surface area contributed by atoms with Gasteiger partial charge in [-0.25, -0.2) is 13.8 Å². The first kappa shape index (κ1) is 21.3. The van der Waals surface area contributed by atoms with Crippen LogP contribution < -0.4 is 20.3 Å². The normalized spacial score (nSPS) is 19.2. The van der Waals surface area contributed by atoms with Gasteiger partial charge in [0.15, 0.2) is 0 Å². The number of pyridine rings is 1. The van der Waals surface area contributed by atoms with Crippen LogP contribution in [0.25, 0.3) is 0 Å². The van der Waals surface area contributed by atoms with Gasteiger partial charge in [-0.2, -0.15) is 0 Å². The molecule has 2 aliphatic rings. The molecule has 0 bridgehead atoms. The van der Waals surface area contributed by atoms with Crippen molar-refractivity contribution in [3.05, 3.63) is 17.8 Å². The summed E-state index contributed by atoms with van der Waals surface area (Å²) in [4.78, 5) is 30.7. The molecule has 2 fully saturated rings. The number of hydrogen-bond donors (Lipinski definition) is 2. The lowest BCUT2D eigenvalue weighted by atomic mass is 9.86. The molecule has 29 heavy (non-hydrogen) atoms. The number of halogens is 2. The van der Waals surface area contributed by atoms with Gasteiger partial charge >= 0.3 is 0 Å². The summed E-state index contributed by atoms with van der Waals surface area (Å²) in [5.41, 5.74) is 0.0151. The van der Waals surface area contributed by atoms with E-state index in [1.165, 1.54) is 18.0 Å². The minimum atomic E-state index is -2.72. The highest BCUT2D eigenvalue weighted by Gasteiger charge is 2.45. The minimum absolute atomic E-state index is 0.0741. The van der Waals surface area contributed by atoms with Gasteiger partial charge in [-0.3, -0.25) is 9.59 Å². The summed E-state index contributed by atoms with van der Waals surface area (Å²) < 4.78 is 32.4. The van der Waals surface area contributed by atoms with Crippen LogP contribution >= 0.6 is 0 Å². The van der Waals surface area contributed by atoms with Crippen LogP contribution in [0.3, 0.4) is 0 Å². The van der Waals surface area contributed by atoms with Gasteiger partial charge in [0.05, 0.1) is 19.7 Å². The average molecular weight is 410 g/mol. The summed E-state index contributed by atoms with van der Waals surface area (Å²) in [5.74, 6) is -2.94. The Bertz CT molecular complexity index is 782. The Morgan fingerprint density at radius 3 is 2.48 bits per heavy atom. The molecule has 1 aromatic rings. The summed E-state index contributed by atoms with van der Waals surface area (Å²) in [6.07, 6.45) is 2.13. The number of amides is 2. The third-order valence-corrected chi connectivity index (χ3v) is 5.06. The van der Waals surface area contributed by atoms with E-state index in [0.29, 0.717) is 18.2 Å². The van der Waals surface area contributed by atoms with Crippen molar-refractivity contribution in [2.24, 2.45) is 11.3 Å². The standard InChI is InChI=1S/C20H28F2N4O3/c1-19(2,3)15(17(28)23-4)25-16(27)13-7-8-14(26-10-20(21,22)11-26)18(24-13)29-9-12-5-6-12/h7-8,12,15H,5-6,9-11H2,1-4H3,(H,23,28)(H,25,27)/t15-/m1/s1. The van der Waals surface area contributed by atoms with Crippen molar-refractivity contribution in [2.45, 2.75) is 45.6 Å². The molecule has 3 rings (SSSR count). The van der Waals surface area contributed by atoms with Gasteiger partial charge in [-0.15, -0.1) is 0 Å². The monoisotopic (exact) mass is 410 g/mol. The van der Waals surface area contributed by atoms with Gasteiger partial charge in [0.1, 0.15) is 17.4 Å². The van der Waals surface area contributed by atoms with Gasteiger partial charge < -0.3 is 20.3 Å². The highest BCUT2D eigenvalue weighted by Crippen LogP contribution is 2.38. The Labute approximate surface area is 169 Å². The molecule has 2 N–H and O–H groups in total. The zero-order chi connectivity index (χ0) is 21.4. The van der Waals surface area contributed by atoms with Gasteiger partial charge in [0.2, 0.25) is 11.8 Å². The van der Waals surface area contributed by atoms with E-state index in [1.54, 1.807) is 6.07 Å². The molecule has 2 amide bonds. The lowest BCUT2D eigenvalue weighted by Crippen LogP contribution is -2.56. The number of carbonyl (C=O) groups excluding carboxylic acids is 2. The van der Waals surface area contributed by atoms with Gasteiger partial charge in [-0.1, -0.05) is 20.8 Å². The molecule has 0 radical (unpaired) electrons. The van der Waals surface area contributed by atoms with Gasteiger partial charge in [0.25, 0.3) is 11.8 Å². The maximum atomic E-state index is 13.3. The molecule has 1 saturated carbocycles. The second kappa shape index (κ2) is 7.76. The Balaban J connectivity index is 1.79. The molecule has 2 heterocycles. The van der Waals surface area contributed by atoms with E-state index < -0.39 is 36.4 Å². The van der Waals surface area contributed by atoms with Gasteiger partial charge in [0, 0.05) is 7.05 Å². The predicted molar refractivity (Wildman–Crippen MR) is 104 cm³/mol. The lowest BCUT2D eigenvalue weighted by Gasteiger charge is -2.40. The molecule has 0 spiro atoms. The molecule has 160 valence electrons. The van der Waals surface area contributed by atoms with Crippen molar-refractivity contribution < 1.29 is 23.1 Å². The Hall–Kier alpha value is -2.45. The molecular weight excluding hydrogens is 382 g/mol. The van der Waals surface area contributed by atoms with Crippen molar-refractivity contribution in [1.82, 2.24) is 15.6 Å². The number of nitrogens with zero attached hydrogens (tertiary/aromatic N) is 2. The maximum Gasteiger partial charge on any atom is 0.282 e. The molecule has 0 aromatic carbocycles. The van der Waals surface area contributed by atoms with Crippen LogP contribution in [0.5, 0.6) is 5.88 Å². The summed E-state index contributed by atoms with van der Waals surface area (Å²) in [5, 5.41) is 5.27. The first-order chi connectivity index (χ1) is 13.5. The largest absolute Gasteiger partial charge is 0.476 e. The zero-order valence-corrected chi connectivity index (χ0v) is 17.2. The molecule has 1 saturated heterocycles. The minimum Gasteiger partial charge on any atom is -0.476 e. The SMILES string of the molecule is CNC(=O)[C@@H](NC(=O)c1ccc(N2CC(F)(F)C2)c(OCC2CC2)n1)C(C)(C)C. The average Bonchev–Trinajstić information content (AvgIpc) is 3.44. The Morgan fingerprint density at radius 2 is 1.97 bits per heavy atom. The zero-order valence-electron chi connectivity index (χ0n) is 17.2. The van der Waals surface area contributed by atoms with E-state index in [-0.39, 0.29) is 17.5 Å². The lowest BCUT2D eigenvalue weighted by molar-refractivity contribution is -0.124. The van der Waals surface area contributed by atoms with E-state index in [1.807, 2.05) is 20.8 Å². The van der Waals surface area contributed by atoms with Crippen molar-refractivity contribution in [2.75, 3.05) is 31.6 Å². The fourth-order valence-electron chi connectivity index (χ4n) is 3.09. The van der Waals surface area contributed by atoms with Crippen LogP contribution in [0.4, 0.5) is 14.5 Å². The smallest absolute Gasteiger partial charge is 0.282 e. The second-order valence-corrected chi connectivity index (χ2v) is 8.87. The van der Waals surface area contributed by atoms with Crippen molar-refractivity contribution in [1.29, 1.82) is 0 Å². The van der Waals surface area contributed by atoms with Crippen LogP contribution in [0, 0.1) is 11.3 Å². The summed E-state index contributed by atoms with van der Waals surface area (Å²) in [7, 11) is 1.51. The number of nitrogens with one attached hydrogen (secondary N) is 2. The third kappa shape index (κ3) is 5.13. The van der Waals surface area contributed by atoms with Crippen molar-refractivity contribution >= 4 is 17.5 Å². The molecule has 0 unspecified atom stereocenters. The molecule has 7 nitrogen and oxygen atoms in total. The maximum absolute atomic E-state index is 13.3. The highest BCUT2D eigenvalue weighted by atomic mass is 19.3. The van der Waals surface area contributed by atoms with Crippen LogP contribution in [0.1, 0.15) is 44.1 Å². The molecule has 1 aromatic heterocycles. The third-order valence-electron chi connectivity index (χ3n) is 5.06. The Morgan fingerprint density at radius 1 is 1.31 bits per heavy atom. The summed E-state index contributed by atoms with van der Waals surface area (Å²) in [6.45, 7) is 5.18. The Kier molecular flexibility index (Phi) is 5.69. The number of hydrogen-bond acceptors (Lipinski definition) is 5. The fraction of sp³-hybridized carbons (Fsp3) is 0.650. The number of carbonyl (C=O) groups is 2. The fourth-order valence-corrected chi connectivity index (χ4v) is 3.09. The highest BCUT2D eigenvalue weighted by molar-refractivity contribution is 5.96. The first-order valence-corrected chi connectivity index (χ1v) is 9.79. The number of alkyl halides is 2. The van der Waals surface area contributed by atoms with Crippen LogP contribution in [0.15, 0.2) is 12.1 Å². The van der Waals surface area contributed by atoms with E-state index in [2.05, 4.69) is 15.6 Å². The summed E-state index contributed by atoms with van der Waals surface area (Å²) in [6, 6.07) is 2.28. The first-order valence-electron chi connectivity index (χ1n) is 9.79. The quantitative estimate of drug-likeness (QED) is 0.720. The van der Waals surface area contributed by atoms with Gasteiger partial charge in [-0.05, 0) is 36.3 Å². The molecular formula is C20H28F2N4O3. The van der Waals surface area contributed by atoms with Crippen LogP contribution in [-0.2, 0) is 4.79 Å². The summed E-state index contributed by atoms with van der Waals surface area (Å²) >= 11 is 0.